The number of likely N-dealkylation sites (N-methyl/N-ethyl adjacent to an activating group) is 1. The largest absolute Gasteiger partial charge is 0.358 e. The Balaban J connectivity index is 0.00000264. The van der Waals surface area contributed by atoms with Gasteiger partial charge in [-0.3, -0.25) is 14.5 Å². The van der Waals surface area contributed by atoms with E-state index >= 15 is 0 Å². The summed E-state index contributed by atoms with van der Waals surface area (Å²) in [5.41, 5.74) is 0.987. The zero-order valence-electron chi connectivity index (χ0n) is 13.0. The number of benzene rings is 1. The number of nitrogens with one attached hydrogen (secondary N) is 1. The van der Waals surface area contributed by atoms with E-state index in [1.165, 1.54) is 0 Å². The van der Waals surface area contributed by atoms with Crippen molar-refractivity contribution in [2.75, 3.05) is 39.8 Å². The van der Waals surface area contributed by atoms with Gasteiger partial charge in [0.05, 0.1) is 6.54 Å². The number of carbonyl (C=O) groups is 2. The van der Waals surface area contributed by atoms with Crippen LogP contribution in [-0.4, -0.2) is 61.4 Å². The van der Waals surface area contributed by atoms with Gasteiger partial charge in [-0.2, -0.15) is 0 Å². The van der Waals surface area contributed by atoms with E-state index in [9.17, 15) is 9.59 Å². The van der Waals surface area contributed by atoms with Crippen LogP contribution >= 0.6 is 28.3 Å². The van der Waals surface area contributed by atoms with Crippen LogP contribution in [0, 0.1) is 0 Å². The highest BCUT2D eigenvalue weighted by Gasteiger charge is 2.20. The monoisotopic (exact) mass is 401 g/mol. The van der Waals surface area contributed by atoms with Gasteiger partial charge in [0.25, 0.3) is 0 Å². The Labute approximate surface area is 151 Å². The Kier molecular flexibility index (Phi) is 8.30. The topological polar surface area (TPSA) is 52.7 Å². The number of hydrogen-bond acceptors (Lipinski definition) is 3. The maximum absolute atomic E-state index is 12.2. The second-order valence-electron chi connectivity index (χ2n) is 5.16. The average molecular weight is 403 g/mol. The standard InChI is InChI=1S/C16H20BrN3O2.ClH/c1-18-15(21)12-19-7-9-20(10-8-19)16(22)6-5-13-3-2-4-14(17)11-13;/h2-6,11H,7-10,12H2,1H3,(H,18,21);1H/b6-5+;. The Morgan fingerprint density at radius 3 is 2.57 bits per heavy atom. The molecule has 1 aromatic carbocycles. The molecule has 1 heterocycles. The highest BCUT2D eigenvalue weighted by molar-refractivity contribution is 9.10. The number of nitrogens with zero attached hydrogens (tertiary/aromatic N) is 2. The van der Waals surface area contributed by atoms with E-state index in [1.807, 2.05) is 35.2 Å². The van der Waals surface area contributed by atoms with Crippen molar-refractivity contribution in [1.82, 2.24) is 15.1 Å². The molecular weight excluding hydrogens is 382 g/mol. The third-order valence-corrected chi connectivity index (χ3v) is 4.09. The average Bonchev–Trinajstić information content (AvgIpc) is 2.53. The van der Waals surface area contributed by atoms with Crippen molar-refractivity contribution in [3.63, 3.8) is 0 Å². The first-order chi connectivity index (χ1) is 10.6. The van der Waals surface area contributed by atoms with Crippen LogP contribution in [0.2, 0.25) is 0 Å². The van der Waals surface area contributed by atoms with E-state index in [0.717, 1.165) is 23.1 Å². The molecule has 0 unspecified atom stereocenters. The van der Waals surface area contributed by atoms with Gasteiger partial charge in [-0.05, 0) is 23.8 Å². The van der Waals surface area contributed by atoms with E-state index < -0.39 is 0 Å². The molecule has 1 aliphatic heterocycles. The van der Waals surface area contributed by atoms with Crippen LogP contribution in [0.1, 0.15) is 5.56 Å². The van der Waals surface area contributed by atoms with Gasteiger partial charge < -0.3 is 10.2 Å². The van der Waals surface area contributed by atoms with Gasteiger partial charge in [-0.15, -0.1) is 12.4 Å². The minimum atomic E-state index is 0. The van der Waals surface area contributed by atoms with Crippen molar-refractivity contribution in [2.45, 2.75) is 0 Å². The summed E-state index contributed by atoms with van der Waals surface area (Å²) in [6, 6.07) is 7.80. The van der Waals surface area contributed by atoms with Crippen LogP contribution in [0.25, 0.3) is 6.08 Å². The second kappa shape index (κ2) is 9.70. The molecule has 1 aliphatic rings. The molecule has 0 saturated carbocycles. The fourth-order valence-electron chi connectivity index (χ4n) is 2.29. The van der Waals surface area contributed by atoms with E-state index in [0.29, 0.717) is 19.6 Å². The molecule has 7 heteroatoms. The van der Waals surface area contributed by atoms with E-state index in [2.05, 4.69) is 26.1 Å². The third kappa shape index (κ3) is 6.33. The molecule has 0 radical (unpaired) electrons. The summed E-state index contributed by atoms with van der Waals surface area (Å²) in [6.45, 7) is 3.15. The van der Waals surface area contributed by atoms with Gasteiger partial charge in [0.1, 0.15) is 0 Å². The molecule has 0 aromatic heterocycles. The molecule has 2 amide bonds. The number of rotatable bonds is 4. The molecule has 126 valence electrons. The quantitative estimate of drug-likeness (QED) is 0.781. The lowest BCUT2D eigenvalue weighted by Crippen LogP contribution is -2.50. The Morgan fingerprint density at radius 2 is 1.96 bits per heavy atom. The molecule has 1 saturated heterocycles. The normalized spacial score (nSPS) is 15.3. The van der Waals surface area contributed by atoms with Gasteiger partial charge in [0.15, 0.2) is 0 Å². The molecule has 0 spiro atoms. The summed E-state index contributed by atoms with van der Waals surface area (Å²) in [6.07, 6.45) is 3.43. The Morgan fingerprint density at radius 1 is 1.26 bits per heavy atom. The van der Waals surface area contributed by atoms with Crippen molar-refractivity contribution in [1.29, 1.82) is 0 Å². The summed E-state index contributed by atoms with van der Waals surface area (Å²) in [5.74, 6) is 0.0221. The number of halogens is 2. The minimum absolute atomic E-state index is 0. The lowest BCUT2D eigenvalue weighted by Gasteiger charge is -2.33. The highest BCUT2D eigenvalue weighted by atomic mass is 79.9. The van der Waals surface area contributed by atoms with Crippen LogP contribution in [0.4, 0.5) is 0 Å². The summed E-state index contributed by atoms with van der Waals surface area (Å²) in [7, 11) is 1.63. The number of piperazine rings is 1. The zero-order chi connectivity index (χ0) is 15.9. The highest BCUT2D eigenvalue weighted by Crippen LogP contribution is 2.13. The smallest absolute Gasteiger partial charge is 0.246 e. The second-order valence-corrected chi connectivity index (χ2v) is 6.08. The lowest BCUT2D eigenvalue weighted by atomic mass is 10.2. The number of amides is 2. The maximum Gasteiger partial charge on any atom is 0.246 e. The van der Waals surface area contributed by atoms with Crippen molar-refractivity contribution in [2.24, 2.45) is 0 Å². The number of carbonyl (C=O) groups excluding carboxylic acids is 2. The van der Waals surface area contributed by atoms with Crippen LogP contribution in [0.3, 0.4) is 0 Å². The van der Waals surface area contributed by atoms with Crippen molar-refractivity contribution in [3.05, 3.63) is 40.4 Å². The zero-order valence-corrected chi connectivity index (χ0v) is 15.4. The van der Waals surface area contributed by atoms with Gasteiger partial charge >= 0.3 is 0 Å². The predicted octanol–water partition coefficient (Wildman–Crippen LogP) is 1.77. The van der Waals surface area contributed by atoms with Gasteiger partial charge in [0.2, 0.25) is 11.8 Å². The van der Waals surface area contributed by atoms with Gasteiger partial charge in [-0.1, -0.05) is 28.1 Å². The summed E-state index contributed by atoms with van der Waals surface area (Å²) in [4.78, 5) is 27.4. The van der Waals surface area contributed by atoms with Crippen LogP contribution in [0.15, 0.2) is 34.8 Å². The van der Waals surface area contributed by atoms with Gasteiger partial charge in [0, 0.05) is 43.8 Å². The Bertz CT molecular complexity index is 572. The van der Waals surface area contributed by atoms with Crippen molar-refractivity contribution < 1.29 is 9.59 Å². The first-order valence-corrected chi connectivity index (χ1v) is 8.03. The van der Waals surface area contributed by atoms with Crippen LogP contribution in [-0.2, 0) is 9.59 Å². The van der Waals surface area contributed by atoms with E-state index in [4.69, 9.17) is 0 Å². The predicted molar refractivity (Wildman–Crippen MR) is 97.5 cm³/mol. The molecule has 1 fully saturated rings. The Hall–Kier alpha value is -1.37. The molecule has 1 N–H and O–H groups in total. The van der Waals surface area contributed by atoms with E-state index in [1.54, 1.807) is 13.1 Å². The lowest BCUT2D eigenvalue weighted by molar-refractivity contribution is -0.128. The molecule has 5 nitrogen and oxygen atoms in total. The SMILES string of the molecule is CNC(=O)CN1CCN(C(=O)/C=C/c2cccc(Br)c2)CC1.Cl. The molecular formula is C16H21BrClN3O2. The molecule has 0 bridgehead atoms. The maximum atomic E-state index is 12.2. The van der Waals surface area contributed by atoms with Crippen LogP contribution < -0.4 is 5.32 Å². The summed E-state index contributed by atoms with van der Waals surface area (Å²) >= 11 is 3.41. The third-order valence-electron chi connectivity index (χ3n) is 3.60. The molecule has 0 atom stereocenters. The molecule has 1 aromatic rings. The fourth-order valence-corrected chi connectivity index (χ4v) is 2.71. The van der Waals surface area contributed by atoms with Crippen molar-refractivity contribution >= 4 is 46.2 Å². The molecule has 2 rings (SSSR count). The fraction of sp³-hybridized carbons (Fsp3) is 0.375. The minimum Gasteiger partial charge on any atom is -0.358 e. The first kappa shape index (κ1) is 19.7. The molecule has 23 heavy (non-hydrogen) atoms. The van der Waals surface area contributed by atoms with Crippen LogP contribution in [0.5, 0.6) is 0 Å². The summed E-state index contributed by atoms with van der Waals surface area (Å²) < 4.78 is 0.991. The van der Waals surface area contributed by atoms with E-state index in [-0.39, 0.29) is 24.2 Å². The van der Waals surface area contributed by atoms with Crippen molar-refractivity contribution in [3.8, 4) is 0 Å². The number of hydrogen-bond donors (Lipinski definition) is 1. The van der Waals surface area contributed by atoms with Gasteiger partial charge in [-0.25, -0.2) is 0 Å². The first-order valence-electron chi connectivity index (χ1n) is 7.24. The summed E-state index contributed by atoms with van der Waals surface area (Å²) in [5, 5.41) is 2.61. The molecule has 0 aliphatic carbocycles.